The number of hydrogen-bond donors (Lipinski definition) is 1. The summed E-state index contributed by atoms with van der Waals surface area (Å²) in [6.45, 7) is 6.57. The molecule has 1 aromatic rings. The first-order valence-electron chi connectivity index (χ1n) is 7.31. The van der Waals surface area contributed by atoms with Crippen molar-refractivity contribution in [2.24, 2.45) is 5.92 Å². The molecule has 0 saturated heterocycles. The van der Waals surface area contributed by atoms with Gasteiger partial charge in [-0.25, -0.2) is 8.42 Å². The van der Waals surface area contributed by atoms with E-state index in [-0.39, 0.29) is 6.04 Å². The molecule has 0 radical (unpaired) electrons. The summed E-state index contributed by atoms with van der Waals surface area (Å²) < 4.78 is 28.4. The minimum Gasteiger partial charge on any atom is -0.398 e. The lowest BCUT2D eigenvalue weighted by molar-refractivity contribution is 0.373. The van der Waals surface area contributed by atoms with Crippen molar-refractivity contribution in [2.75, 3.05) is 12.3 Å². The molecule has 1 saturated carbocycles. The van der Waals surface area contributed by atoms with Gasteiger partial charge in [-0.3, -0.25) is 0 Å². The van der Waals surface area contributed by atoms with Gasteiger partial charge in [-0.2, -0.15) is 4.31 Å². The number of halogens is 1. The second-order valence-corrected chi connectivity index (χ2v) is 8.92. The zero-order valence-corrected chi connectivity index (χ0v) is 15.2. The molecule has 0 atom stereocenters. The Morgan fingerprint density at radius 2 is 2.00 bits per heavy atom. The van der Waals surface area contributed by atoms with Gasteiger partial charge in [-0.15, -0.1) is 0 Å². The third-order valence-corrected chi connectivity index (χ3v) is 6.37. The first-order valence-corrected chi connectivity index (χ1v) is 9.54. The Morgan fingerprint density at radius 1 is 1.38 bits per heavy atom. The quantitative estimate of drug-likeness (QED) is 0.774. The van der Waals surface area contributed by atoms with E-state index in [0.717, 1.165) is 19.3 Å². The second kappa shape index (κ2) is 6.26. The predicted molar refractivity (Wildman–Crippen MR) is 89.7 cm³/mol. The highest BCUT2D eigenvalue weighted by atomic mass is 79.9. The molecule has 1 aliphatic carbocycles. The van der Waals surface area contributed by atoms with Crippen LogP contribution in [0.4, 0.5) is 5.69 Å². The van der Waals surface area contributed by atoms with E-state index >= 15 is 0 Å². The van der Waals surface area contributed by atoms with E-state index < -0.39 is 10.0 Å². The summed E-state index contributed by atoms with van der Waals surface area (Å²) in [5.41, 5.74) is 7.05. The van der Waals surface area contributed by atoms with Crippen LogP contribution in [0.25, 0.3) is 0 Å². The molecule has 6 heteroatoms. The number of nitrogens with zero attached hydrogens (tertiary/aromatic N) is 1. The van der Waals surface area contributed by atoms with Gasteiger partial charge in [0.2, 0.25) is 10.0 Å². The van der Waals surface area contributed by atoms with Gasteiger partial charge in [0.05, 0.1) is 4.90 Å². The molecule has 2 rings (SSSR count). The average molecular weight is 375 g/mol. The molecule has 1 aliphatic rings. The minimum atomic E-state index is -3.49. The molecule has 2 N–H and O–H groups in total. The third-order valence-electron chi connectivity index (χ3n) is 3.83. The number of nitrogens with two attached hydrogens (primary N) is 1. The lowest BCUT2D eigenvalue weighted by atomic mass is 10.1. The molecular weight excluding hydrogens is 352 g/mol. The molecule has 1 fully saturated rings. The van der Waals surface area contributed by atoms with Gasteiger partial charge in [-0.1, -0.05) is 29.8 Å². The maximum Gasteiger partial charge on any atom is 0.243 e. The standard InChI is InChI=1S/C15H23BrN2O2S/c1-10(2)6-7-18(13-4-5-13)21(19,20)15-9-12(16)8-14(17)11(15)3/h8-10,13H,4-7,17H2,1-3H3. The topological polar surface area (TPSA) is 63.4 Å². The van der Waals surface area contributed by atoms with Gasteiger partial charge in [-0.05, 0) is 49.8 Å². The third kappa shape index (κ3) is 3.79. The van der Waals surface area contributed by atoms with Gasteiger partial charge in [0.15, 0.2) is 0 Å². The smallest absolute Gasteiger partial charge is 0.243 e. The summed E-state index contributed by atoms with van der Waals surface area (Å²) in [7, 11) is -3.49. The normalized spacial score (nSPS) is 15.9. The average Bonchev–Trinajstić information content (AvgIpc) is 3.17. The molecule has 0 bridgehead atoms. The van der Waals surface area contributed by atoms with Gasteiger partial charge in [0, 0.05) is 22.7 Å². The zero-order chi connectivity index (χ0) is 15.8. The molecule has 0 spiro atoms. The lowest BCUT2D eigenvalue weighted by Gasteiger charge is -2.24. The van der Waals surface area contributed by atoms with Crippen LogP contribution in [-0.2, 0) is 10.0 Å². The minimum absolute atomic E-state index is 0.161. The van der Waals surface area contributed by atoms with E-state index in [9.17, 15) is 8.42 Å². The highest BCUT2D eigenvalue weighted by Gasteiger charge is 2.38. The first kappa shape index (κ1) is 16.8. The van der Waals surface area contributed by atoms with E-state index in [1.54, 1.807) is 23.4 Å². The van der Waals surface area contributed by atoms with Crippen molar-refractivity contribution >= 4 is 31.6 Å². The number of hydrogen-bond acceptors (Lipinski definition) is 3. The van der Waals surface area contributed by atoms with Crippen molar-refractivity contribution < 1.29 is 8.42 Å². The van der Waals surface area contributed by atoms with Crippen molar-refractivity contribution in [3.63, 3.8) is 0 Å². The van der Waals surface area contributed by atoms with Crippen molar-refractivity contribution in [2.45, 2.75) is 51.0 Å². The van der Waals surface area contributed by atoms with Crippen LogP contribution in [0.3, 0.4) is 0 Å². The van der Waals surface area contributed by atoms with E-state index in [0.29, 0.717) is 33.1 Å². The van der Waals surface area contributed by atoms with Crippen LogP contribution in [0.5, 0.6) is 0 Å². The number of sulfonamides is 1. The van der Waals surface area contributed by atoms with E-state index in [1.807, 2.05) is 0 Å². The predicted octanol–water partition coefficient (Wildman–Crippen LogP) is 3.54. The molecule has 21 heavy (non-hydrogen) atoms. The van der Waals surface area contributed by atoms with Crippen molar-refractivity contribution in [1.82, 2.24) is 4.31 Å². The molecule has 0 aromatic heterocycles. The molecular formula is C15H23BrN2O2S. The second-order valence-electron chi connectivity index (χ2n) is 6.15. The molecule has 1 aromatic carbocycles. The van der Waals surface area contributed by atoms with Gasteiger partial charge in [0.25, 0.3) is 0 Å². The van der Waals surface area contributed by atoms with Crippen molar-refractivity contribution in [1.29, 1.82) is 0 Å². The summed E-state index contributed by atoms with van der Waals surface area (Å²) >= 11 is 3.34. The van der Waals surface area contributed by atoms with Crippen LogP contribution < -0.4 is 5.73 Å². The van der Waals surface area contributed by atoms with E-state index in [2.05, 4.69) is 29.8 Å². The zero-order valence-electron chi connectivity index (χ0n) is 12.8. The fourth-order valence-corrected chi connectivity index (χ4v) is 4.92. The Hall–Kier alpha value is -0.590. The molecule has 0 aliphatic heterocycles. The maximum atomic E-state index is 13.0. The summed E-state index contributed by atoms with van der Waals surface area (Å²) in [5.74, 6) is 0.482. The van der Waals surface area contributed by atoms with Crippen molar-refractivity contribution in [3.05, 3.63) is 22.2 Å². The Balaban J connectivity index is 2.39. The van der Waals surface area contributed by atoms with Gasteiger partial charge in [0.1, 0.15) is 0 Å². The largest absolute Gasteiger partial charge is 0.398 e. The number of benzene rings is 1. The number of rotatable bonds is 6. The SMILES string of the molecule is Cc1c(N)cc(Br)cc1S(=O)(=O)N(CCC(C)C)C1CC1. The number of nitrogen functional groups attached to an aromatic ring is 1. The Kier molecular flexibility index (Phi) is 5.00. The Bertz CT molecular complexity index is 625. The molecule has 0 amide bonds. The van der Waals surface area contributed by atoms with Crippen LogP contribution in [0.2, 0.25) is 0 Å². The van der Waals surface area contributed by atoms with Crippen LogP contribution in [0.1, 0.15) is 38.7 Å². The van der Waals surface area contributed by atoms with E-state index in [4.69, 9.17) is 5.73 Å². The summed E-state index contributed by atoms with van der Waals surface area (Å²) in [4.78, 5) is 0.324. The molecule has 0 heterocycles. The van der Waals surface area contributed by atoms with Crippen molar-refractivity contribution in [3.8, 4) is 0 Å². The summed E-state index contributed by atoms with van der Waals surface area (Å²) in [6, 6.07) is 3.56. The Morgan fingerprint density at radius 3 is 2.52 bits per heavy atom. The Labute approximate surface area is 135 Å². The fraction of sp³-hybridized carbons (Fsp3) is 0.600. The highest BCUT2D eigenvalue weighted by Crippen LogP contribution is 2.35. The molecule has 0 unspecified atom stereocenters. The molecule has 4 nitrogen and oxygen atoms in total. The van der Waals surface area contributed by atoms with Crippen LogP contribution in [-0.4, -0.2) is 25.3 Å². The maximum absolute atomic E-state index is 13.0. The summed E-state index contributed by atoms with van der Waals surface area (Å²) in [6.07, 6.45) is 2.79. The monoisotopic (exact) mass is 374 g/mol. The summed E-state index contributed by atoms with van der Waals surface area (Å²) in [5, 5.41) is 0. The molecule has 118 valence electrons. The highest BCUT2D eigenvalue weighted by molar-refractivity contribution is 9.10. The van der Waals surface area contributed by atoms with E-state index in [1.165, 1.54) is 0 Å². The van der Waals surface area contributed by atoms with Crippen LogP contribution in [0.15, 0.2) is 21.5 Å². The fourth-order valence-electron chi connectivity index (χ4n) is 2.32. The first-order chi connectivity index (χ1) is 9.73. The van der Waals surface area contributed by atoms with Gasteiger partial charge < -0.3 is 5.73 Å². The van der Waals surface area contributed by atoms with Crippen LogP contribution >= 0.6 is 15.9 Å². The number of anilines is 1. The van der Waals surface area contributed by atoms with Crippen LogP contribution in [0, 0.1) is 12.8 Å². The van der Waals surface area contributed by atoms with Gasteiger partial charge >= 0.3 is 0 Å². The lowest BCUT2D eigenvalue weighted by Crippen LogP contribution is -2.35.